The van der Waals surface area contributed by atoms with Crippen LogP contribution in [0, 0.1) is 5.92 Å². The topological polar surface area (TPSA) is 92.8 Å². The first-order valence-electron chi connectivity index (χ1n) is 9.71. The molecule has 1 fully saturated rings. The number of esters is 1. The quantitative estimate of drug-likeness (QED) is 0.756. The highest BCUT2D eigenvalue weighted by Gasteiger charge is 2.42. The summed E-state index contributed by atoms with van der Waals surface area (Å²) in [7, 11) is -2.60. The summed E-state index contributed by atoms with van der Waals surface area (Å²) in [5.74, 6) is -1.14. The van der Waals surface area contributed by atoms with Gasteiger partial charge in [0, 0.05) is 24.3 Å². The fraction of sp³-hybridized carbons (Fsp3) is 0.273. The van der Waals surface area contributed by atoms with Crippen LogP contribution in [-0.2, 0) is 24.2 Å². The van der Waals surface area contributed by atoms with Crippen LogP contribution in [0.5, 0.6) is 0 Å². The molecule has 2 aliphatic heterocycles. The van der Waals surface area contributed by atoms with Crippen LogP contribution >= 0.6 is 0 Å². The molecule has 2 aromatic rings. The van der Waals surface area contributed by atoms with Gasteiger partial charge >= 0.3 is 5.97 Å². The van der Waals surface area contributed by atoms with Crippen molar-refractivity contribution in [3.8, 4) is 0 Å². The summed E-state index contributed by atoms with van der Waals surface area (Å²) in [6.07, 6.45) is 1.07. The first-order valence-corrected chi connectivity index (χ1v) is 11.2. The van der Waals surface area contributed by atoms with Crippen LogP contribution in [0.25, 0.3) is 5.70 Å². The van der Waals surface area contributed by atoms with Crippen molar-refractivity contribution in [2.45, 2.75) is 17.7 Å². The van der Waals surface area contributed by atoms with Crippen molar-refractivity contribution < 1.29 is 22.7 Å². The molecular weight excluding hydrogens is 404 g/mol. The number of amides is 1. The summed E-state index contributed by atoms with van der Waals surface area (Å²) in [6, 6.07) is 15.4. The van der Waals surface area contributed by atoms with E-state index in [4.69, 9.17) is 4.74 Å². The van der Waals surface area contributed by atoms with Gasteiger partial charge in [0.2, 0.25) is 9.84 Å². The third-order valence-corrected chi connectivity index (χ3v) is 7.35. The molecular formula is C22H22N2O5S. The molecule has 156 valence electrons. The van der Waals surface area contributed by atoms with Gasteiger partial charge in [-0.2, -0.15) is 0 Å². The molecule has 0 aliphatic carbocycles. The Labute approximate surface area is 175 Å². The van der Waals surface area contributed by atoms with Gasteiger partial charge in [-0.1, -0.05) is 36.4 Å². The fourth-order valence-corrected chi connectivity index (χ4v) is 5.74. The van der Waals surface area contributed by atoms with E-state index in [1.54, 1.807) is 42.5 Å². The summed E-state index contributed by atoms with van der Waals surface area (Å²) in [4.78, 5) is 26.8. The molecule has 0 unspecified atom stereocenters. The standard InChI is InChI=1S/C22H22N2O5S/c1-29-22(26)15-11-13-24(14-12-15)19-17-9-5-6-10-18(17)30(27,28)20(19)21(25)23-16-7-3-2-4-8-16/h2-10,15H,11-14H2,1H3,(H,23,25). The predicted octanol–water partition coefficient (Wildman–Crippen LogP) is 2.67. The van der Waals surface area contributed by atoms with E-state index in [0.29, 0.717) is 42.9 Å². The summed E-state index contributed by atoms with van der Waals surface area (Å²) >= 11 is 0. The molecule has 2 aromatic carbocycles. The molecule has 1 saturated heterocycles. The average molecular weight is 426 g/mol. The number of nitrogens with one attached hydrogen (secondary N) is 1. The highest BCUT2D eigenvalue weighted by molar-refractivity contribution is 7.97. The Hall–Kier alpha value is -3.13. The van der Waals surface area contributed by atoms with Crippen molar-refractivity contribution in [2.24, 2.45) is 5.92 Å². The minimum absolute atomic E-state index is 0.133. The minimum Gasteiger partial charge on any atom is -0.469 e. The van der Waals surface area contributed by atoms with Gasteiger partial charge in [-0.3, -0.25) is 9.59 Å². The number of anilines is 1. The van der Waals surface area contributed by atoms with Crippen LogP contribution < -0.4 is 5.32 Å². The van der Waals surface area contributed by atoms with Crippen molar-refractivity contribution in [3.63, 3.8) is 0 Å². The maximum atomic E-state index is 13.3. The third kappa shape index (κ3) is 3.47. The van der Waals surface area contributed by atoms with E-state index in [2.05, 4.69) is 5.32 Å². The van der Waals surface area contributed by atoms with E-state index < -0.39 is 15.7 Å². The zero-order valence-corrected chi connectivity index (χ0v) is 17.3. The van der Waals surface area contributed by atoms with E-state index in [0.717, 1.165) is 0 Å². The number of fused-ring (bicyclic) bond motifs is 1. The monoisotopic (exact) mass is 426 g/mol. The van der Waals surface area contributed by atoms with Crippen LogP contribution in [0.15, 0.2) is 64.4 Å². The molecule has 30 heavy (non-hydrogen) atoms. The lowest BCUT2D eigenvalue weighted by Crippen LogP contribution is -2.36. The summed E-state index contributed by atoms with van der Waals surface area (Å²) in [6.45, 7) is 0.919. The highest BCUT2D eigenvalue weighted by atomic mass is 32.2. The van der Waals surface area contributed by atoms with Gasteiger partial charge in [0.05, 0.1) is 23.6 Å². The van der Waals surface area contributed by atoms with Gasteiger partial charge in [-0.15, -0.1) is 0 Å². The van der Waals surface area contributed by atoms with Gasteiger partial charge in [-0.25, -0.2) is 8.42 Å². The number of likely N-dealkylation sites (tertiary alicyclic amines) is 1. The molecule has 0 spiro atoms. The maximum Gasteiger partial charge on any atom is 0.308 e. The third-order valence-electron chi connectivity index (χ3n) is 5.50. The second kappa shape index (κ2) is 7.95. The molecule has 7 nitrogen and oxygen atoms in total. The molecule has 0 radical (unpaired) electrons. The van der Waals surface area contributed by atoms with E-state index in [1.165, 1.54) is 13.2 Å². The molecule has 0 saturated carbocycles. The van der Waals surface area contributed by atoms with Crippen molar-refractivity contribution in [2.75, 3.05) is 25.5 Å². The molecule has 0 atom stereocenters. The zero-order chi connectivity index (χ0) is 21.3. The molecule has 0 aromatic heterocycles. The molecule has 2 aliphatic rings. The van der Waals surface area contributed by atoms with Crippen LogP contribution in [0.3, 0.4) is 0 Å². The number of hydrogen-bond acceptors (Lipinski definition) is 6. The number of benzene rings is 2. The Morgan fingerprint density at radius 2 is 1.63 bits per heavy atom. The average Bonchev–Trinajstić information content (AvgIpc) is 3.01. The number of nitrogens with zero attached hydrogens (tertiary/aromatic N) is 1. The molecule has 0 bridgehead atoms. The zero-order valence-electron chi connectivity index (χ0n) is 16.5. The lowest BCUT2D eigenvalue weighted by atomic mass is 9.95. The van der Waals surface area contributed by atoms with E-state index in [-0.39, 0.29) is 21.7 Å². The number of piperidine rings is 1. The fourth-order valence-electron chi connectivity index (χ4n) is 4.01. The van der Waals surface area contributed by atoms with Crippen molar-refractivity contribution in [3.05, 3.63) is 65.1 Å². The summed E-state index contributed by atoms with van der Waals surface area (Å²) < 4.78 is 31.4. The second-order valence-corrected chi connectivity index (χ2v) is 9.14. The van der Waals surface area contributed by atoms with Crippen LogP contribution in [0.2, 0.25) is 0 Å². The van der Waals surface area contributed by atoms with Crippen molar-refractivity contribution >= 4 is 33.1 Å². The largest absolute Gasteiger partial charge is 0.469 e. The second-order valence-electron chi connectivity index (χ2n) is 7.28. The first kappa shape index (κ1) is 20.2. The van der Waals surface area contributed by atoms with Crippen LogP contribution in [0.1, 0.15) is 18.4 Å². The van der Waals surface area contributed by atoms with Gasteiger partial charge in [0.1, 0.15) is 0 Å². The van der Waals surface area contributed by atoms with E-state index in [9.17, 15) is 18.0 Å². The molecule has 4 rings (SSSR count). The SMILES string of the molecule is COC(=O)C1CCN(C2=C(C(=O)Nc3ccccc3)S(=O)(=O)c3ccccc32)CC1. The molecule has 1 amide bonds. The number of para-hydroxylation sites is 1. The Morgan fingerprint density at radius 3 is 2.30 bits per heavy atom. The smallest absolute Gasteiger partial charge is 0.308 e. The number of rotatable bonds is 4. The van der Waals surface area contributed by atoms with Gasteiger partial charge in [0.15, 0.2) is 4.91 Å². The van der Waals surface area contributed by atoms with Gasteiger partial charge in [-0.05, 0) is 31.0 Å². The summed E-state index contributed by atoms with van der Waals surface area (Å²) in [5.41, 5.74) is 1.44. The Morgan fingerprint density at radius 1 is 1.00 bits per heavy atom. The van der Waals surface area contributed by atoms with Crippen molar-refractivity contribution in [1.29, 1.82) is 0 Å². The first-order chi connectivity index (χ1) is 14.4. The minimum atomic E-state index is -3.96. The normalized spacial score (nSPS) is 18.1. The summed E-state index contributed by atoms with van der Waals surface area (Å²) in [5, 5.41) is 2.70. The van der Waals surface area contributed by atoms with Crippen LogP contribution in [0.4, 0.5) is 5.69 Å². The van der Waals surface area contributed by atoms with Crippen LogP contribution in [-0.4, -0.2) is 45.4 Å². The lowest BCUT2D eigenvalue weighted by molar-refractivity contribution is -0.146. The number of methoxy groups -OCH3 is 1. The Bertz CT molecular complexity index is 1120. The molecule has 2 heterocycles. The number of carbonyl (C=O) groups is 2. The Balaban J connectivity index is 1.73. The molecule has 8 heteroatoms. The van der Waals surface area contributed by atoms with Gasteiger partial charge < -0.3 is 15.0 Å². The molecule has 1 N–H and O–H groups in total. The predicted molar refractivity (Wildman–Crippen MR) is 112 cm³/mol. The van der Waals surface area contributed by atoms with Crippen molar-refractivity contribution in [1.82, 2.24) is 4.90 Å². The Kier molecular flexibility index (Phi) is 5.34. The van der Waals surface area contributed by atoms with E-state index >= 15 is 0 Å². The van der Waals surface area contributed by atoms with E-state index in [1.807, 2.05) is 11.0 Å². The number of sulfone groups is 1. The van der Waals surface area contributed by atoms with Gasteiger partial charge in [0.25, 0.3) is 5.91 Å². The highest BCUT2D eigenvalue weighted by Crippen LogP contribution is 2.42. The number of carbonyl (C=O) groups excluding carboxylic acids is 2. The lowest BCUT2D eigenvalue weighted by Gasteiger charge is -2.33. The number of hydrogen-bond donors (Lipinski definition) is 1. The number of ether oxygens (including phenoxy) is 1. The maximum absolute atomic E-state index is 13.3.